The van der Waals surface area contributed by atoms with Gasteiger partial charge in [-0.3, -0.25) is 9.59 Å². The van der Waals surface area contributed by atoms with Gasteiger partial charge in [-0.05, 0) is 34.6 Å². The molecule has 0 aliphatic heterocycles. The summed E-state index contributed by atoms with van der Waals surface area (Å²) in [6.07, 6.45) is 0. The van der Waals surface area contributed by atoms with Crippen LogP contribution in [0.5, 0.6) is 0 Å². The van der Waals surface area contributed by atoms with Crippen molar-refractivity contribution < 1.29 is 19.5 Å². The van der Waals surface area contributed by atoms with Crippen molar-refractivity contribution in [3.05, 3.63) is 0 Å². The molecule has 18 heavy (non-hydrogen) atoms. The average molecular weight is 259 g/mol. The molecule has 0 radical (unpaired) electrons. The van der Waals surface area contributed by atoms with E-state index in [0.717, 1.165) is 0 Å². The van der Waals surface area contributed by atoms with E-state index in [4.69, 9.17) is 10.8 Å². The first-order valence-corrected chi connectivity index (χ1v) is 5.53. The second kappa shape index (κ2) is 5.24. The SMILES string of the molecule is CC(NC(N)=O)C(=O)NC(C)(C)C(C)(C)C(=O)O. The number of rotatable bonds is 5. The fourth-order valence-electron chi connectivity index (χ4n) is 1.12. The molecule has 0 saturated heterocycles. The highest BCUT2D eigenvalue weighted by molar-refractivity contribution is 5.87. The number of carboxylic acid groups (broad SMARTS) is 1. The van der Waals surface area contributed by atoms with Gasteiger partial charge in [-0.25, -0.2) is 4.79 Å². The van der Waals surface area contributed by atoms with Crippen LogP contribution in [0.3, 0.4) is 0 Å². The van der Waals surface area contributed by atoms with E-state index in [2.05, 4.69) is 10.6 Å². The van der Waals surface area contributed by atoms with Crippen LogP contribution in [-0.4, -0.2) is 34.6 Å². The van der Waals surface area contributed by atoms with Gasteiger partial charge in [-0.1, -0.05) is 0 Å². The van der Waals surface area contributed by atoms with Crippen molar-refractivity contribution in [3.63, 3.8) is 0 Å². The maximum Gasteiger partial charge on any atom is 0.312 e. The Morgan fingerprint density at radius 3 is 1.94 bits per heavy atom. The third-order valence-corrected chi connectivity index (χ3v) is 3.28. The molecule has 0 bridgehead atoms. The van der Waals surface area contributed by atoms with E-state index < -0.39 is 34.9 Å². The molecule has 0 aromatic carbocycles. The number of carbonyl (C=O) groups excluding carboxylic acids is 2. The molecule has 0 saturated carbocycles. The molecule has 1 atom stereocenters. The van der Waals surface area contributed by atoms with Gasteiger partial charge in [0.05, 0.1) is 11.0 Å². The highest BCUT2D eigenvalue weighted by Crippen LogP contribution is 2.30. The van der Waals surface area contributed by atoms with Crippen LogP contribution in [0.25, 0.3) is 0 Å². The van der Waals surface area contributed by atoms with Crippen LogP contribution >= 0.6 is 0 Å². The largest absolute Gasteiger partial charge is 0.481 e. The number of carboxylic acids is 1. The first-order valence-electron chi connectivity index (χ1n) is 5.53. The van der Waals surface area contributed by atoms with Crippen LogP contribution in [0.4, 0.5) is 4.79 Å². The Labute approximate surface area is 106 Å². The highest BCUT2D eigenvalue weighted by atomic mass is 16.4. The zero-order chi connectivity index (χ0) is 14.7. The van der Waals surface area contributed by atoms with Crippen molar-refractivity contribution in [3.8, 4) is 0 Å². The quantitative estimate of drug-likeness (QED) is 0.557. The Balaban J connectivity index is 4.83. The lowest BCUT2D eigenvalue weighted by Crippen LogP contribution is -2.60. The minimum absolute atomic E-state index is 0.492. The molecule has 0 fully saturated rings. The molecular formula is C11H21N3O4. The Hall–Kier alpha value is -1.79. The molecule has 5 N–H and O–H groups in total. The predicted molar refractivity (Wildman–Crippen MR) is 65.8 cm³/mol. The summed E-state index contributed by atoms with van der Waals surface area (Å²) >= 11 is 0. The van der Waals surface area contributed by atoms with Gasteiger partial charge in [0, 0.05) is 0 Å². The van der Waals surface area contributed by atoms with Gasteiger partial charge in [0.15, 0.2) is 0 Å². The van der Waals surface area contributed by atoms with Crippen LogP contribution in [0.1, 0.15) is 34.6 Å². The van der Waals surface area contributed by atoms with Crippen molar-refractivity contribution in [2.24, 2.45) is 11.1 Å². The van der Waals surface area contributed by atoms with E-state index in [-0.39, 0.29) is 0 Å². The summed E-state index contributed by atoms with van der Waals surface area (Å²) in [5.74, 6) is -1.52. The van der Waals surface area contributed by atoms with E-state index >= 15 is 0 Å². The lowest BCUT2D eigenvalue weighted by Gasteiger charge is -2.39. The van der Waals surface area contributed by atoms with Crippen LogP contribution in [0, 0.1) is 5.41 Å². The lowest BCUT2D eigenvalue weighted by molar-refractivity contribution is -0.151. The molecule has 0 aliphatic carbocycles. The van der Waals surface area contributed by atoms with E-state index in [1.165, 1.54) is 20.8 Å². The summed E-state index contributed by atoms with van der Waals surface area (Å²) in [4.78, 5) is 33.6. The predicted octanol–water partition coefficient (Wildman–Crippen LogP) is 0.0488. The molecule has 0 aromatic heterocycles. The van der Waals surface area contributed by atoms with Crippen molar-refractivity contribution in [2.45, 2.75) is 46.2 Å². The number of nitrogens with one attached hydrogen (secondary N) is 2. The van der Waals surface area contributed by atoms with Crippen LogP contribution in [-0.2, 0) is 9.59 Å². The number of urea groups is 1. The highest BCUT2D eigenvalue weighted by Gasteiger charge is 2.44. The molecule has 0 spiro atoms. The third kappa shape index (κ3) is 3.61. The minimum atomic E-state index is -1.16. The topological polar surface area (TPSA) is 122 Å². The molecule has 1 unspecified atom stereocenters. The van der Waals surface area contributed by atoms with Crippen molar-refractivity contribution >= 4 is 17.9 Å². The molecule has 3 amide bonds. The van der Waals surface area contributed by atoms with Gasteiger partial charge < -0.3 is 21.5 Å². The minimum Gasteiger partial charge on any atom is -0.481 e. The Kier molecular flexibility index (Phi) is 4.72. The van der Waals surface area contributed by atoms with Crippen molar-refractivity contribution in [1.29, 1.82) is 0 Å². The number of nitrogens with two attached hydrogens (primary N) is 1. The number of carbonyl (C=O) groups is 3. The summed E-state index contributed by atoms with van der Waals surface area (Å²) < 4.78 is 0. The molecule has 0 heterocycles. The van der Waals surface area contributed by atoms with Gasteiger partial charge in [-0.2, -0.15) is 0 Å². The molecule has 7 nitrogen and oxygen atoms in total. The fourth-order valence-corrected chi connectivity index (χ4v) is 1.12. The lowest BCUT2D eigenvalue weighted by atomic mass is 9.74. The average Bonchev–Trinajstić information content (AvgIpc) is 2.14. The van der Waals surface area contributed by atoms with Crippen LogP contribution < -0.4 is 16.4 Å². The standard InChI is InChI=1S/C11H21N3O4/c1-6(13-9(12)18)7(15)14-11(4,5)10(2,3)8(16)17/h6H,1-5H3,(H,14,15)(H,16,17)(H3,12,13,18). The zero-order valence-corrected chi connectivity index (χ0v) is 11.3. The van der Waals surface area contributed by atoms with E-state index in [1.807, 2.05) is 0 Å². The van der Waals surface area contributed by atoms with Gasteiger partial charge >= 0.3 is 12.0 Å². The molecule has 0 aliphatic rings. The van der Waals surface area contributed by atoms with Gasteiger partial charge in [0.25, 0.3) is 0 Å². The second-order valence-electron chi connectivity index (χ2n) is 5.27. The monoisotopic (exact) mass is 259 g/mol. The fraction of sp³-hybridized carbons (Fsp3) is 0.727. The first-order chi connectivity index (χ1) is 7.91. The normalized spacial score (nSPS) is 13.6. The van der Waals surface area contributed by atoms with Gasteiger partial charge in [-0.15, -0.1) is 0 Å². The number of hydrogen-bond acceptors (Lipinski definition) is 3. The maximum absolute atomic E-state index is 11.8. The van der Waals surface area contributed by atoms with Crippen LogP contribution in [0.2, 0.25) is 0 Å². The van der Waals surface area contributed by atoms with E-state index in [0.29, 0.717) is 0 Å². The molecular weight excluding hydrogens is 238 g/mol. The summed E-state index contributed by atoms with van der Waals surface area (Å²) in [5, 5.41) is 14.0. The Morgan fingerprint density at radius 2 is 1.61 bits per heavy atom. The smallest absolute Gasteiger partial charge is 0.312 e. The summed E-state index contributed by atoms with van der Waals surface area (Å²) in [6.45, 7) is 7.71. The van der Waals surface area contributed by atoms with Crippen molar-refractivity contribution in [2.75, 3.05) is 0 Å². The Morgan fingerprint density at radius 1 is 1.17 bits per heavy atom. The molecule has 0 rings (SSSR count). The summed E-state index contributed by atoms with van der Waals surface area (Å²) in [5.41, 5.74) is 2.76. The Bertz CT molecular complexity index is 363. The zero-order valence-electron chi connectivity index (χ0n) is 11.3. The maximum atomic E-state index is 11.8. The third-order valence-electron chi connectivity index (χ3n) is 3.28. The second-order valence-corrected chi connectivity index (χ2v) is 5.27. The first kappa shape index (κ1) is 16.2. The van der Waals surface area contributed by atoms with Gasteiger partial charge in [0.2, 0.25) is 5.91 Å². The molecule has 7 heteroatoms. The van der Waals surface area contributed by atoms with E-state index in [9.17, 15) is 14.4 Å². The number of amides is 3. The summed E-state index contributed by atoms with van der Waals surface area (Å²) in [7, 11) is 0. The molecule has 0 aromatic rings. The number of hydrogen-bond donors (Lipinski definition) is 4. The van der Waals surface area contributed by atoms with Gasteiger partial charge in [0.1, 0.15) is 6.04 Å². The molecule has 104 valence electrons. The van der Waals surface area contributed by atoms with Crippen LogP contribution in [0.15, 0.2) is 0 Å². The number of primary amides is 1. The number of aliphatic carboxylic acids is 1. The van der Waals surface area contributed by atoms with Crippen molar-refractivity contribution in [1.82, 2.24) is 10.6 Å². The summed E-state index contributed by atoms with van der Waals surface area (Å²) in [6, 6.07) is -1.64. The van der Waals surface area contributed by atoms with E-state index in [1.54, 1.807) is 13.8 Å².